The first-order valence-electron chi connectivity index (χ1n) is 6.52. The minimum Gasteiger partial charge on any atom is -0.391 e. The molecule has 2 atom stereocenters. The smallest absolute Gasteiger partial charge is 0.253 e. The van der Waals surface area contributed by atoms with E-state index in [4.69, 9.17) is 0 Å². The summed E-state index contributed by atoms with van der Waals surface area (Å²) in [6.45, 7) is 1.72. The Labute approximate surface area is 112 Å². The van der Waals surface area contributed by atoms with Crippen LogP contribution in [0.2, 0.25) is 0 Å². The summed E-state index contributed by atoms with van der Waals surface area (Å²) in [7, 11) is 0. The largest absolute Gasteiger partial charge is 0.391 e. The van der Waals surface area contributed by atoms with Crippen molar-refractivity contribution in [3.8, 4) is 0 Å². The summed E-state index contributed by atoms with van der Waals surface area (Å²) in [6.07, 6.45) is 5.16. The molecular formula is C14H18N2O3. The van der Waals surface area contributed by atoms with Crippen molar-refractivity contribution in [2.45, 2.75) is 44.8 Å². The lowest BCUT2D eigenvalue weighted by Crippen LogP contribution is -2.45. The third-order valence-electron chi connectivity index (χ3n) is 3.56. The highest BCUT2D eigenvalue weighted by atomic mass is 16.3. The Hall–Kier alpha value is -1.75. The number of aliphatic hydroxyl groups is 1. The zero-order valence-corrected chi connectivity index (χ0v) is 10.9. The van der Waals surface area contributed by atoms with Gasteiger partial charge in [0.15, 0.2) is 6.29 Å². The molecule has 1 aliphatic carbocycles. The number of aldehydes is 1. The molecule has 5 nitrogen and oxygen atoms in total. The predicted molar refractivity (Wildman–Crippen MR) is 70.1 cm³/mol. The van der Waals surface area contributed by atoms with Crippen LogP contribution in [-0.2, 0) is 0 Å². The highest BCUT2D eigenvalue weighted by molar-refractivity contribution is 5.95. The Kier molecular flexibility index (Phi) is 4.27. The van der Waals surface area contributed by atoms with E-state index in [2.05, 4.69) is 10.3 Å². The molecule has 0 radical (unpaired) electrons. The van der Waals surface area contributed by atoms with Gasteiger partial charge in [0, 0.05) is 17.5 Å². The van der Waals surface area contributed by atoms with Crippen molar-refractivity contribution < 1.29 is 14.7 Å². The maximum Gasteiger partial charge on any atom is 0.253 e. The predicted octanol–water partition coefficient (Wildman–Crippen LogP) is 1.24. The van der Waals surface area contributed by atoms with Crippen LogP contribution in [0.1, 0.15) is 52.1 Å². The van der Waals surface area contributed by atoms with Gasteiger partial charge < -0.3 is 10.4 Å². The first kappa shape index (κ1) is 13.7. The molecule has 0 bridgehead atoms. The molecule has 1 aromatic heterocycles. The molecule has 1 heterocycles. The molecule has 102 valence electrons. The van der Waals surface area contributed by atoms with Crippen molar-refractivity contribution in [1.82, 2.24) is 10.3 Å². The average molecular weight is 262 g/mol. The van der Waals surface area contributed by atoms with Gasteiger partial charge in [0.1, 0.15) is 0 Å². The first-order chi connectivity index (χ1) is 9.11. The standard InChI is InChI=1S/C14H18N2O3/c1-9-11(8-17)6-10(7-15-9)14(19)16-12-4-2-3-5-13(12)18/h6-8,12-13,18H,2-5H2,1H3,(H,16,19)/t12-,13-/m0/s1. The van der Waals surface area contributed by atoms with Crippen LogP contribution in [0.25, 0.3) is 0 Å². The molecule has 5 heteroatoms. The monoisotopic (exact) mass is 262 g/mol. The first-order valence-corrected chi connectivity index (χ1v) is 6.52. The normalized spacial score (nSPS) is 22.8. The fourth-order valence-corrected chi connectivity index (χ4v) is 2.32. The highest BCUT2D eigenvalue weighted by Crippen LogP contribution is 2.18. The summed E-state index contributed by atoms with van der Waals surface area (Å²) in [5.74, 6) is -0.290. The van der Waals surface area contributed by atoms with Gasteiger partial charge in [0.25, 0.3) is 5.91 Å². The summed E-state index contributed by atoms with van der Waals surface area (Å²) in [5.41, 5.74) is 1.37. The quantitative estimate of drug-likeness (QED) is 0.803. The Morgan fingerprint density at radius 3 is 2.89 bits per heavy atom. The minimum atomic E-state index is -0.485. The SMILES string of the molecule is Cc1ncc(C(=O)N[C@H]2CCCC[C@@H]2O)cc1C=O. The van der Waals surface area contributed by atoms with E-state index in [-0.39, 0.29) is 11.9 Å². The Morgan fingerprint density at radius 1 is 1.47 bits per heavy atom. The van der Waals surface area contributed by atoms with Crippen molar-refractivity contribution in [3.63, 3.8) is 0 Å². The van der Waals surface area contributed by atoms with Crippen LogP contribution in [0.15, 0.2) is 12.3 Å². The molecule has 2 rings (SSSR count). The summed E-state index contributed by atoms with van der Waals surface area (Å²) in [5, 5.41) is 12.6. The zero-order valence-electron chi connectivity index (χ0n) is 10.9. The summed E-state index contributed by atoms with van der Waals surface area (Å²) < 4.78 is 0. The topological polar surface area (TPSA) is 79.3 Å². The number of pyridine rings is 1. The van der Waals surface area contributed by atoms with Crippen LogP contribution >= 0.6 is 0 Å². The average Bonchev–Trinajstić information content (AvgIpc) is 2.42. The van der Waals surface area contributed by atoms with Crippen molar-refractivity contribution in [2.24, 2.45) is 0 Å². The molecule has 19 heavy (non-hydrogen) atoms. The van der Waals surface area contributed by atoms with Crippen molar-refractivity contribution >= 4 is 12.2 Å². The fraction of sp³-hybridized carbons (Fsp3) is 0.500. The second-order valence-electron chi connectivity index (χ2n) is 4.95. The summed E-state index contributed by atoms with van der Waals surface area (Å²) in [4.78, 5) is 26.9. The number of aromatic nitrogens is 1. The van der Waals surface area contributed by atoms with Gasteiger partial charge in [0.05, 0.1) is 17.7 Å². The van der Waals surface area contributed by atoms with Gasteiger partial charge in [-0.3, -0.25) is 14.6 Å². The number of aryl methyl sites for hydroxylation is 1. The van der Waals surface area contributed by atoms with Crippen molar-refractivity contribution in [2.75, 3.05) is 0 Å². The molecule has 0 unspecified atom stereocenters. The molecule has 1 aromatic rings. The molecule has 1 saturated carbocycles. The Bertz CT molecular complexity index is 488. The van der Waals surface area contributed by atoms with E-state index < -0.39 is 6.10 Å². The number of carbonyl (C=O) groups excluding carboxylic acids is 2. The Balaban J connectivity index is 2.09. The van der Waals surface area contributed by atoms with Crippen LogP contribution in [0.5, 0.6) is 0 Å². The molecule has 1 aliphatic rings. The maximum atomic E-state index is 12.1. The van der Waals surface area contributed by atoms with E-state index in [9.17, 15) is 14.7 Å². The number of hydrogen-bond acceptors (Lipinski definition) is 4. The molecule has 0 saturated heterocycles. The third kappa shape index (κ3) is 3.17. The van der Waals surface area contributed by atoms with Gasteiger partial charge >= 0.3 is 0 Å². The number of hydrogen-bond donors (Lipinski definition) is 2. The van der Waals surface area contributed by atoms with Gasteiger partial charge in [-0.15, -0.1) is 0 Å². The van der Waals surface area contributed by atoms with Crippen LogP contribution in [0.3, 0.4) is 0 Å². The van der Waals surface area contributed by atoms with E-state index in [1.165, 1.54) is 12.3 Å². The number of carbonyl (C=O) groups is 2. The van der Waals surface area contributed by atoms with Crippen LogP contribution < -0.4 is 5.32 Å². The Morgan fingerprint density at radius 2 is 2.21 bits per heavy atom. The second-order valence-corrected chi connectivity index (χ2v) is 4.95. The van der Waals surface area contributed by atoms with Crippen molar-refractivity contribution in [1.29, 1.82) is 0 Å². The lowest BCUT2D eigenvalue weighted by atomic mass is 9.92. The van der Waals surface area contributed by atoms with Gasteiger partial charge in [-0.2, -0.15) is 0 Å². The molecule has 1 fully saturated rings. The molecule has 0 aromatic carbocycles. The van der Waals surface area contributed by atoms with Gasteiger partial charge in [-0.05, 0) is 25.8 Å². The fourth-order valence-electron chi connectivity index (χ4n) is 2.32. The lowest BCUT2D eigenvalue weighted by molar-refractivity contribution is 0.0717. The number of aliphatic hydroxyl groups excluding tert-OH is 1. The van der Waals surface area contributed by atoms with E-state index in [1.807, 2.05) is 0 Å². The van der Waals surface area contributed by atoms with Crippen LogP contribution in [0.4, 0.5) is 0 Å². The van der Waals surface area contributed by atoms with Gasteiger partial charge in [-0.1, -0.05) is 12.8 Å². The van der Waals surface area contributed by atoms with E-state index in [1.54, 1.807) is 6.92 Å². The van der Waals surface area contributed by atoms with Gasteiger partial charge in [0.2, 0.25) is 0 Å². The molecule has 0 aliphatic heterocycles. The molecule has 0 spiro atoms. The number of nitrogens with zero attached hydrogens (tertiary/aromatic N) is 1. The maximum absolute atomic E-state index is 12.1. The van der Waals surface area contributed by atoms with E-state index in [0.29, 0.717) is 23.1 Å². The van der Waals surface area contributed by atoms with E-state index in [0.717, 1.165) is 25.7 Å². The lowest BCUT2D eigenvalue weighted by Gasteiger charge is -2.28. The number of nitrogens with one attached hydrogen (secondary N) is 1. The molecule has 2 N–H and O–H groups in total. The summed E-state index contributed by atoms with van der Waals surface area (Å²) in [6, 6.07) is 1.32. The number of amides is 1. The van der Waals surface area contributed by atoms with Crippen LogP contribution in [-0.4, -0.2) is 34.4 Å². The van der Waals surface area contributed by atoms with Crippen molar-refractivity contribution in [3.05, 3.63) is 29.1 Å². The highest BCUT2D eigenvalue weighted by Gasteiger charge is 2.25. The van der Waals surface area contributed by atoms with Crippen LogP contribution in [0, 0.1) is 6.92 Å². The zero-order chi connectivity index (χ0) is 13.8. The van der Waals surface area contributed by atoms with E-state index >= 15 is 0 Å². The molecular weight excluding hydrogens is 244 g/mol. The third-order valence-corrected chi connectivity index (χ3v) is 3.56. The minimum absolute atomic E-state index is 0.206. The summed E-state index contributed by atoms with van der Waals surface area (Å²) >= 11 is 0. The second kappa shape index (κ2) is 5.93. The van der Waals surface area contributed by atoms with Gasteiger partial charge in [-0.25, -0.2) is 0 Å². The molecule has 1 amide bonds. The number of rotatable bonds is 3.